The molecule has 0 bridgehead atoms. The Morgan fingerprint density at radius 1 is 1.40 bits per heavy atom. The average Bonchev–Trinajstić information content (AvgIpc) is 3.13. The monoisotopic (exact) mass is 360 g/mol. The molecule has 25 heavy (non-hydrogen) atoms. The molecule has 1 aromatic carbocycles. The maximum atomic E-state index is 12.3. The van der Waals surface area contributed by atoms with E-state index in [4.69, 9.17) is 4.74 Å². The predicted molar refractivity (Wildman–Crippen MR) is 101 cm³/mol. The number of nitrogens with one attached hydrogen (secondary N) is 2. The summed E-state index contributed by atoms with van der Waals surface area (Å²) in [5.41, 5.74) is 0.878. The highest BCUT2D eigenvalue weighted by atomic mass is 32.2. The summed E-state index contributed by atoms with van der Waals surface area (Å²) in [6, 6.07) is 7.89. The number of amides is 1. The number of anilines is 1. The summed E-state index contributed by atoms with van der Waals surface area (Å²) in [7, 11) is 0. The minimum atomic E-state index is -0.267. The molecule has 0 unspecified atom stereocenters. The molecule has 7 heteroatoms. The van der Waals surface area contributed by atoms with Crippen molar-refractivity contribution in [3.8, 4) is 0 Å². The van der Waals surface area contributed by atoms with Crippen molar-refractivity contribution in [2.45, 2.75) is 43.2 Å². The summed E-state index contributed by atoms with van der Waals surface area (Å²) in [5, 5.41) is 7.57. The molecule has 0 spiro atoms. The van der Waals surface area contributed by atoms with E-state index in [1.165, 1.54) is 11.8 Å². The summed E-state index contributed by atoms with van der Waals surface area (Å²) in [5.74, 6) is 0.796. The first kappa shape index (κ1) is 17.9. The molecule has 2 heterocycles. The van der Waals surface area contributed by atoms with Crippen LogP contribution in [0, 0.1) is 0 Å². The molecule has 1 aromatic heterocycles. The molecule has 2 N–H and O–H groups in total. The summed E-state index contributed by atoms with van der Waals surface area (Å²) >= 11 is 1.37. The molecule has 1 aliphatic rings. The van der Waals surface area contributed by atoms with E-state index in [1.54, 1.807) is 0 Å². The zero-order valence-electron chi connectivity index (χ0n) is 14.6. The number of hydrogen-bond acceptors (Lipinski definition) is 6. The molecule has 1 amide bonds. The smallest absolute Gasteiger partial charge is 0.233 e. The molecule has 1 saturated heterocycles. The lowest BCUT2D eigenvalue weighted by molar-refractivity contribution is -0.120. The highest BCUT2D eigenvalue weighted by Crippen LogP contribution is 2.26. The highest BCUT2D eigenvalue weighted by Gasteiger charge is 2.20. The van der Waals surface area contributed by atoms with Gasteiger partial charge in [-0.2, -0.15) is 0 Å². The number of nitrogens with zero attached hydrogens (tertiary/aromatic N) is 2. The normalized spacial score (nSPS) is 18.2. The number of carbonyl (C=O) groups excluding carboxylic acids is 1. The van der Waals surface area contributed by atoms with Gasteiger partial charge >= 0.3 is 0 Å². The van der Waals surface area contributed by atoms with E-state index in [0.29, 0.717) is 11.7 Å². The standard InChI is InChI=1S/C18H24N4O2S/c1-3-19-16-14-8-4-5-9-15(14)21-18(22-16)25-12(2)17(23)20-11-13-7-6-10-24-13/h4-5,8-9,12-13H,3,6-7,10-11H2,1-2H3,(H,20,23)(H,19,21,22)/t12-,13+/m1/s1. The maximum absolute atomic E-state index is 12.3. The fourth-order valence-electron chi connectivity index (χ4n) is 2.79. The first-order valence-electron chi connectivity index (χ1n) is 8.74. The number of benzene rings is 1. The van der Waals surface area contributed by atoms with Crippen molar-refractivity contribution in [2.24, 2.45) is 0 Å². The molecule has 6 nitrogen and oxygen atoms in total. The average molecular weight is 360 g/mol. The lowest BCUT2D eigenvalue weighted by atomic mass is 10.2. The molecular formula is C18H24N4O2S. The fraction of sp³-hybridized carbons (Fsp3) is 0.500. The van der Waals surface area contributed by atoms with Gasteiger partial charge in [0, 0.05) is 25.1 Å². The van der Waals surface area contributed by atoms with Crippen molar-refractivity contribution in [3.63, 3.8) is 0 Å². The first-order valence-corrected chi connectivity index (χ1v) is 9.62. The largest absolute Gasteiger partial charge is 0.376 e. The maximum Gasteiger partial charge on any atom is 0.233 e. The van der Waals surface area contributed by atoms with E-state index in [-0.39, 0.29) is 17.3 Å². The minimum absolute atomic E-state index is 0.0118. The first-order chi connectivity index (χ1) is 12.2. The summed E-state index contributed by atoms with van der Waals surface area (Å²) in [4.78, 5) is 21.5. The molecule has 134 valence electrons. The third kappa shape index (κ3) is 4.61. The van der Waals surface area contributed by atoms with Gasteiger partial charge in [0.05, 0.1) is 16.9 Å². The molecule has 2 atom stereocenters. The van der Waals surface area contributed by atoms with E-state index in [1.807, 2.05) is 38.1 Å². The number of fused-ring (bicyclic) bond motifs is 1. The zero-order chi connectivity index (χ0) is 17.6. The van der Waals surface area contributed by atoms with Gasteiger partial charge in [-0.1, -0.05) is 23.9 Å². The number of para-hydroxylation sites is 1. The van der Waals surface area contributed by atoms with Crippen LogP contribution in [0.1, 0.15) is 26.7 Å². The van der Waals surface area contributed by atoms with Crippen LogP contribution >= 0.6 is 11.8 Å². The number of rotatable bonds is 7. The van der Waals surface area contributed by atoms with Crippen LogP contribution in [0.3, 0.4) is 0 Å². The van der Waals surface area contributed by atoms with Gasteiger partial charge in [0.25, 0.3) is 0 Å². The highest BCUT2D eigenvalue weighted by molar-refractivity contribution is 8.00. The second kappa shape index (κ2) is 8.49. The molecule has 3 rings (SSSR count). The second-order valence-electron chi connectivity index (χ2n) is 6.04. The number of ether oxygens (including phenoxy) is 1. The van der Waals surface area contributed by atoms with Gasteiger partial charge in [0.1, 0.15) is 5.82 Å². The van der Waals surface area contributed by atoms with Crippen LogP contribution in [0.15, 0.2) is 29.4 Å². The number of hydrogen-bond donors (Lipinski definition) is 2. The molecule has 1 fully saturated rings. The molecule has 0 aliphatic carbocycles. The third-order valence-corrected chi connectivity index (χ3v) is 5.07. The van der Waals surface area contributed by atoms with Gasteiger partial charge in [-0.3, -0.25) is 4.79 Å². The fourth-order valence-corrected chi connectivity index (χ4v) is 3.59. The topological polar surface area (TPSA) is 76.1 Å². The van der Waals surface area contributed by atoms with Gasteiger partial charge in [-0.15, -0.1) is 0 Å². The predicted octanol–water partition coefficient (Wildman–Crippen LogP) is 2.84. The summed E-state index contributed by atoms with van der Waals surface area (Å²) in [6.45, 7) is 6.06. The molecule has 0 radical (unpaired) electrons. The Morgan fingerprint density at radius 3 is 3.00 bits per heavy atom. The van der Waals surface area contributed by atoms with Crippen molar-refractivity contribution >= 4 is 34.4 Å². The van der Waals surface area contributed by atoms with Crippen molar-refractivity contribution in [2.75, 3.05) is 25.0 Å². The van der Waals surface area contributed by atoms with Crippen LogP contribution in [0.25, 0.3) is 10.9 Å². The van der Waals surface area contributed by atoms with Crippen LogP contribution in [0.4, 0.5) is 5.82 Å². The Kier molecular flexibility index (Phi) is 6.09. The van der Waals surface area contributed by atoms with Gasteiger partial charge in [-0.05, 0) is 38.8 Å². The van der Waals surface area contributed by atoms with Crippen LogP contribution < -0.4 is 10.6 Å². The summed E-state index contributed by atoms with van der Waals surface area (Å²) < 4.78 is 5.54. The lowest BCUT2D eigenvalue weighted by Crippen LogP contribution is -2.36. The van der Waals surface area contributed by atoms with Gasteiger partial charge < -0.3 is 15.4 Å². The molecular weight excluding hydrogens is 336 g/mol. The molecule has 0 saturated carbocycles. The number of thioether (sulfide) groups is 1. The van der Waals surface area contributed by atoms with Crippen LogP contribution in [-0.2, 0) is 9.53 Å². The molecule has 1 aliphatic heterocycles. The zero-order valence-corrected chi connectivity index (χ0v) is 15.4. The minimum Gasteiger partial charge on any atom is -0.376 e. The van der Waals surface area contributed by atoms with E-state index < -0.39 is 0 Å². The quantitative estimate of drug-likeness (QED) is 0.584. The van der Waals surface area contributed by atoms with Crippen molar-refractivity contribution < 1.29 is 9.53 Å². The Morgan fingerprint density at radius 2 is 2.24 bits per heavy atom. The van der Waals surface area contributed by atoms with Gasteiger partial charge in [-0.25, -0.2) is 9.97 Å². The number of aromatic nitrogens is 2. The van der Waals surface area contributed by atoms with E-state index >= 15 is 0 Å². The van der Waals surface area contributed by atoms with Gasteiger partial charge in [0.15, 0.2) is 5.16 Å². The lowest BCUT2D eigenvalue weighted by Gasteiger charge is -2.15. The summed E-state index contributed by atoms with van der Waals surface area (Å²) in [6.07, 6.45) is 2.24. The Balaban J connectivity index is 1.67. The third-order valence-electron chi connectivity index (χ3n) is 4.11. The van der Waals surface area contributed by atoms with E-state index in [0.717, 1.165) is 42.7 Å². The number of carbonyl (C=O) groups is 1. The van der Waals surface area contributed by atoms with Crippen molar-refractivity contribution in [1.29, 1.82) is 0 Å². The molecule has 2 aromatic rings. The van der Waals surface area contributed by atoms with Crippen LogP contribution in [0.2, 0.25) is 0 Å². The van der Waals surface area contributed by atoms with Gasteiger partial charge in [0.2, 0.25) is 5.91 Å². The second-order valence-corrected chi connectivity index (χ2v) is 7.35. The van der Waals surface area contributed by atoms with Crippen LogP contribution in [0.5, 0.6) is 0 Å². The Hall–Kier alpha value is -1.86. The van der Waals surface area contributed by atoms with Crippen molar-refractivity contribution in [3.05, 3.63) is 24.3 Å². The Labute approximate surface area is 152 Å². The van der Waals surface area contributed by atoms with Crippen molar-refractivity contribution in [1.82, 2.24) is 15.3 Å². The SMILES string of the molecule is CCNc1nc(S[C@H](C)C(=O)NC[C@@H]2CCCO2)nc2ccccc12. The Bertz CT molecular complexity index is 734. The van der Waals surface area contributed by atoms with Crippen LogP contribution in [-0.4, -0.2) is 46.9 Å². The van der Waals surface area contributed by atoms with E-state index in [9.17, 15) is 4.79 Å². The van der Waals surface area contributed by atoms with E-state index in [2.05, 4.69) is 20.6 Å².